The van der Waals surface area contributed by atoms with Gasteiger partial charge in [-0.25, -0.2) is 0 Å². The Kier molecular flexibility index (Phi) is 4.53. The minimum absolute atomic E-state index is 0.160. The van der Waals surface area contributed by atoms with Gasteiger partial charge in [-0.2, -0.15) is 0 Å². The first-order valence-electron chi connectivity index (χ1n) is 5.99. The molecule has 0 atom stereocenters. The number of hydrogen-bond acceptors (Lipinski definition) is 2. The fraction of sp³-hybridized carbons (Fsp3) is 0.188. The van der Waals surface area contributed by atoms with Crippen LogP contribution >= 0.6 is 0 Å². The second kappa shape index (κ2) is 6.60. The first kappa shape index (κ1) is 12.4. The van der Waals surface area contributed by atoms with Crippen LogP contribution in [0, 0.1) is 6.07 Å². The van der Waals surface area contributed by atoms with E-state index in [9.17, 15) is 4.79 Å². The lowest BCUT2D eigenvalue weighted by Crippen LogP contribution is -2.05. The molecule has 2 nitrogen and oxygen atoms in total. The molecule has 0 bridgehead atoms. The number of rotatable bonds is 5. The highest BCUT2D eigenvalue weighted by molar-refractivity contribution is 5.69. The van der Waals surface area contributed by atoms with Crippen molar-refractivity contribution in [2.45, 2.75) is 19.4 Å². The second-order valence-electron chi connectivity index (χ2n) is 4.05. The third-order valence-electron chi connectivity index (χ3n) is 2.65. The van der Waals surface area contributed by atoms with Gasteiger partial charge >= 0.3 is 5.97 Å². The van der Waals surface area contributed by atoms with E-state index in [0.29, 0.717) is 19.4 Å². The summed E-state index contributed by atoms with van der Waals surface area (Å²) in [6.07, 6.45) is 1.12. The molecule has 2 heteroatoms. The second-order valence-corrected chi connectivity index (χ2v) is 4.05. The van der Waals surface area contributed by atoms with E-state index < -0.39 is 0 Å². The Morgan fingerprint density at radius 2 is 1.72 bits per heavy atom. The van der Waals surface area contributed by atoms with Gasteiger partial charge in [0.2, 0.25) is 0 Å². The van der Waals surface area contributed by atoms with Crippen LogP contribution in [0.25, 0.3) is 0 Å². The van der Waals surface area contributed by atoms with Gasteiger partial charge in [-0.1, -0.05) is 54.6 Å². The molecule has 0 fully saturated rings. The van der Waals surface area contributed by atoms with Crippen molar-refractivity contribution in [3.63, 3.8) is 0 Å². The molecule has 0 saturated heterocycles. The zero-order valence-electron chi connectivity index (χ0n) is 10.1. The molecule has 1 radical (unpaired) electrons. The quantitative estimate of drug-likeness (QED) is 0.749. The standard InChI is InChI=1S/C16H15O2/c17-16(12-11-14-7-3-1-4-8-14)18-13-15-9-5-2-6-10-15/h2-10H,11-13H2. The average Bonchev–Trinajstić information content (AvgIpc) is 2.45. The molecule has 0 aromatic heterocycles. The van der Waals surface area contributed by atoms with Crippen molar-refractivity contribution < 1.29 is 9.53 Å². The van der Waals surface area contributed by atoms with Gasteiger partial charge in [0.05, 0.1) is 0 Å². The Bertz CT molecular complexity index is 431. The summed E-state index contributed by atoms with van der Waals surface area (Å²) in [4.78, 5) is 11.6. The normalized spacial score (nSPS) is 10.0. The zero-order valence-corrected chi connectivity index (χ0v) is 10.1. The predicted octanol–water partition coefficient (Wildman–Crippen LogP) is 3.16. The van der Waals surface area contributed by atoms with E-state index in [0.717, 1.165) is 11.1 Å². The maximum atomic E-state index is 11.6. The molecule has 0 unspecified atom stereocenters. The van der Waals surface area contributed by atoms with Crippen molar-refractivity contribution in [2.75, 3.05) is 0 Å². The van der Waals surface area contributed by atoms with E-state index >= 15 is 0 Å². The lowest BCUT2D eigenvalue weighted by Gasteiger charge is -2.04. The van der Waals surface area contributed by atoms with E-state index in [4.69, 9.17) is 4.74 Å². The molecule has 2 rings (SSSR count). The smallest absolute Gasteiger partial charge is 0.306 e. The summed E-state index contributed by atoms with van der Waals surface area (Å²) >= 11 is 0. The highest BCUT2D eigenvalue weighted by atomic mass is 16.5. The topological polar surface area (TPSA) is 26.3 Å². The molecule has 0 aliphatic carbocycles. The zero-order chi connectivity index (χ0) is 12.6. The van der Waals surface area contributed by atoms with Gasteiger partial charge in [0.25, 0.3) is 0 Å². The summed E-state index contributed by atoms with van der Waals surface area (Å²) in [5.41, 5.74) is 2.14. The molecular weight excluding hydrogens is 224 g/mol. The molecule has 0 N–H and O–H groups in total. The molecule has 2 aromatic rings. The van der Waals surface area contributed by atoms with Gasteiger partial charge in [0.1, 0.15) is 6.61 Å². The summed E-state index contributed by atoms with van der Waals surface area (Å²) in [5, 5.41) is 0. The number of benzene rings is 2. The third-order valence-corrected chi connectivity index (χ3v) is 2.65. The summed E-state index contributed by atoms with van der Waals surface area (Å²) in [6, 6.07) is 20.3. The van der Waals surface area contributed by atoms with Gasteiger partial charge in [0.15, 0.2) is 0 Å². The monoisotopic (exact) mass is 239 g/mol. The Morgan fingerprint density at radius 1 is 1.00 bits per heavy atom. The predicted molar refractivity (Wildman–Crippen MR) is 69.8 cm³/mol. The van der Waals surface area contributed by atoms with Crippen LogP contribution in [0.3, 0.4) is 0 Å². The highest BCUT2D eigenvalue weighted by Crippen LogP contribution is 2.05. The van der Waals surface area contributed by atoms with Crippen molar-refractivity contribution in [1.82, 2.24) is 0 Å². The molecule has 18 heavy (non-hydrogen) atoms. The third kappa shape index (κ3) is 4.06. The van der Waals surface area contributed by atoms with E-state index in [-0.39, 0.29) is 5.97 Å². The number of hydrogen-bond donors (Lipinski definition) is 0. The summed E-state index contributed by atoms with van der Waals surface area (Å²) in [5.74, 6) is -0.160. The van der Waals surface area contributed by atoms with Crippen LogP contribution in [0.15, 0.2) is 54.6 Å². The maximum Gasteiger partial charge on any atom is 0.306 e. The fourth-order valence-corrected chi connectivity index (χ4v) is 1.64. The van der Waals surface area contributed by atoms with Crippen LogP contribution in [-0.2, 0) is 22.6 Å². The molecule has 2 aromatic carbocycles. The van der Waals surface area contributed by atoms with Gasteiger partial charge in [-0.3, -0.25) is 4.79 Å². The molecule has 0 heterocycles. The Labute approximate surface area is 107 Å². The lowest BCUT2D eigenvalue weighted by molar-refractivity contribution is -0.144. The molecule has 0 aliphatic rings. The lowest BCUT2D eigenvalue weighted by atomic mass is 10.1. The van der Waals surface area contributed by atoms with E-state index in [2.05, 4.69) is 6.07 Å². The summed E-state index contributed by atoms with van der Waals surface area (Å²) in [6.45, 7) is 0.349. The van der Waals surface area contributed by atoms with Gasteiger partial charge < -0.3 is 4.74 Å². The van der Waals surface area contributed by atoms with Crippen molar-refractivity contribution in [3.05, 3.63) is 71.8 Å². The van der Waals surface area contributed by atoms with E-state index in [1.807, 2.05) is 54.6 Å². The Morgan fingerprint density at radius 3 is 2.44 bits per heavy atom. The first-order chi connectivity index (χ1) is 8.84. The van der Waals surface area contributed by atoms with Gasteiger partial charge in [-0.15, -0.1) is 0 Å². The number of carbonyl (C=O) groups is 1. The van der Waals surface area contributed by atoms with Crippen LogP contribution < -0.4 is 0 Å². The van der Waals surface area contributed by atoms with Crippen molar-refractivity contribution in [2.24, 2.45) is 0 Å². The highest BCUT2D eigenvalue weighted by Gasteiger charge is 2.03. The first-order valence-corrected chi connectivity index (χ1v) is 5.99. The average molecular weight is 239 g/mol. The van der Waals surface area contributed by atoms with Crippen LogP contribution in [0.2, 0.25) is 0 Å². The molecular formula is C16H15O2. The van der Waals surface area contributed by atoms with Crippen LogP contribution in [0.1, 0.15) is 17.5 Å². The van der Waals surface area contributed by atoms with Crippen molar-refractivity contribution in [1.29, 1.82) is 0 Å². The molecule has 0 amide bonds. The molecule has 91 valence electrons. The van der Waals surface area contributed by atoms with Crippen LogP contribution in [-0.4, -0.2) is 5.97 Å². The minimum Gasteiger partial charge on any atom is -0.461 e. The number of carbonyl (C=O) groups excluding carboxylic acids is 1. The number of esters is 1. The van der Waals surface area contributed by atoms with Crippen LogP contribution in [0.4, 0.5) is 0 Å². The van der Waals surface area contributed by atoms with Crippen LogP contribution in [0.5, 0.6) is 0 Å². The van der Waals surface area contributed by atoms with E-state index in [1.54, 1.807) is 0 Å². The van der Waals surface area contributed by atoms with Crippen molar-refractivity contribution in [3.8, 4) is 0 Å². The minimum atomic E-state index is -0.160. The molecule has 0 spiro atoms. The largest absolute Gasteiger partial charge is 0.461 e. The van der Waals surface area contributed by atoms with Gasteiger partial charge in [0, 0.05) is 6.42 Å². The fourth-order valence-electron chi connectivity index (χ4n) is 1.64. The SMILES string of the molecule is O=C(CCc1cc[c]cc1)OCc1ccccc1. The van der Waals surface area contributed by atoms with E-state index in [1.165, 1.54) is 0 Å². The van der Waals surface area contributed by atoms with Gasteiger partial charge in [-0.05, 0) is 23.6 Å². The Hall–Kier alpha value is -2.09. The number of ether oxygens (including phenoxy) is 1. The summed E-state index contributed by atoms with van der Waals surface area (Å²) in [7, 11) is 0. The van der Waals surface area contributed by atoms with Crippen molar-refractivity contribution >= 4 is 5.97 Å². The molecule has 0 saturated carbocycles. The Balaban J connectivity index is 1.73. The number of aryl methyl sites for hydroxylation is 1. The maximum absolute atomic E-state index is 11.6. The molecule has 0 aliphatic heterocycles. The summed E-state index contributed by atoms with van der Waals surface area (Å²) < 4.78 is 5.20.